The molecule has 88 valence electrons. The number of amides is 2. The highest BCUT2D eigenvalue weighted by Gasteiger charge is 2.17. The first kappa shape index (κ1) is 12.4. The van der Waals surface area contributed by atoms with Gasteiger partial charge < -0.3 is 16.4 Å². The van der Waals surface area contributed by atoms with Gasteiger partial charge in [0.1, 0.15) is 6.04 Å². The van der Waals surface area contributed by atoms with Crippen molar-refractivity contribution in [3.05, 3.63) is 5.01 Å². The number of primary amides is 1. The molecule has 4 N–H and O–H groups in total. The zero-order chi connectivity index (χ0) is 12.1. The first-order valence-corrected chi connectivity index (χ1v) is 5.53. The molecule has 1 atom stereocenters. The molecule has 1 aromatic rings. The largest absolute Gasteiger partial charge is 0.368 e. The molecule has 8 heteroatoms. The van der Waals surface area contributed by atoms with Gasteiger partial charge in [-0.15, -0.1) is 10.2 Å². The topological polar surface area (TPSA) is 110 Å². The van der Waals surface area contributed by atoms with E-state index in [2.05, 4.69) is 20.8 Å². The highest BCUT2D eigenvalue weighted by molar-refractivity contribution is 7.17. The summed E-state index contributed by atoms with van der Waals surface area (Å²) in [5.74, 6) is -1.04. The van der Waals surface area contributed by atoms with Gasteiger partial charge in [-0.05, 0) is 13.8 Å². The number of hydrogen-bond donors (Lipinski definition) is 3. The van der Waals surface area contributed by atoms with E-state index in [0.29, 0.717) is 11.7 Å². The van der Waals surface area contributed by atoms with Gasteiger partial charge in [-0.2, -0.15) is 0 Å². The van der Waals surface area contributed by atoms with E-state index in [1.165, 1.54) is 6.92 Å². The molecule has 0 radical (unpaired) electrons. The summed E-state index contributed by atoms with van der Waals surface area (Å²) in [6, 6.07) is -0.723. The maximum absolute atomic E-state index is 11.5. The minimum Gasteiger partial charge on any atom is -0.368 e. The zero-order valence-corrected chi connectivity index (χ0v) is 9.80. The zero-order valence-electron chi connectivity index (χ0n) is 8.98. The van der Waals surface area contributed by atoms with Crippen LogP contribution >= 0.6 is 11.3 Å². The van der Waals surface area contributed by atoms with Gasteiger partial charge in [-0.1, -0.05) is 11.3 Å². The summed E-state index contributed by atoms with van der Waals surface area (Å²) in [5.41, 5.74) is 5.02. The fourth-order valence-corrected chi connectivity index (χ4v) is 1.58. The standard InChI is InChI=1S/C8H13N5O2S/c1-3-10-8-13-12-7(16-8)6(15)11-4(2)5(9)14/h4H,3H2,1-2H3,(H2,9,14)(H,10,13)(H,11,15). The van der Waals surface area contributed by atoms with Gasteiger partial charge in [-0.3, -0.25) is 9.59 Å². The lowest BCUT2D eigenvalue weighted by atomic mass is 10.3. The minimum atomic E-state index is -0.723. The van der Waals surface area contributed by atoms with Crippen LogP contribution < -0.4 is 16.4 Å². The van der Waals surface area contributed by atoms with Gasteiger partial charge >= 0.3 is 0 Å². The van der Waals surface area contributed by atoms with Crippen LogP contribution in [-0.2, 0) is 4.79 Å². The summed E-state index contributed by atoms with van der Waals surface area (Å²) in [6.07, 6.45) is 0. The summed E-state index contributed by atoms with van der Waals surface area (Å²) in [7, 11) is 0. The van der Waals surface area contributed by atoms with Crippen molar-refractivity contribution in [2.45, 2.75) is 19.9 Å². The highest BCUT2D eigenvalue weighted by atomic mass is 32.1. The number of nitrogens with zero attached hydrogens (tertiary/aromatic N) is 2. The number of nitrogens with two attached hydrogens (primary N) is 1. The van der Waals surface area contributed by atoms with Crippen molar-refractivity contribution in [2.75, 3.05) is 11.9 Å². The maximum atomic E-state index is 11.5. The molecule has 1 unspecified atom stereocenters. The molecule has 0 aromatic carbocycles. The second kappa shape index (κ2) is 5.40. The molecule has 7 nitrogen and oxygen atoms in total. The number of carbonyl (C=O) groups is 2. The van der Waals surface area contributed by atoms with Crippen LogP contribution in [0.25, 0.3) is 0 Å². The van der Waals surface area contributed by atoms with Gasteiger partial charge in [0, 0.05) is 6.54 Å². The van der Waals surface area contributed by atoms with Crippen molar-refractivity contribution in [3.8, 4) is 0 Å². The Morgan fingerprint density at radius 1 is 1.50 bits per heavy atom. The number of carbonyl (C=O) groups excluding carboxylic acids is 2. The third-order valence-corrected chi connectivity index (χ3v) is 2.60. The van der Waals surface area contributed by atoms with Crippen molar-refractivity contribution < 1.29 is 9.59 Å². The Bertz CT molecular complexity index is 392. The van der Waals surface area contributed by atoms with Gasteiger partial charge in [0.05, 0.1) is 0 Å². The van der Waals surface area contributed by atoms with Crippen LogP contribution in [0.1, 0.15) is 23.6 Å². The molecule has 0 saturated heterocycles. The molecule has 0 saturated carbocycles. The first-order chi connectivity index (χ1) is 7.54. The van der Waals surface area contributed by atoms with E-state index in [1.807, 2.05) is 6.92 Å². The second-order valence-corrected chi connectivity index (χ2v) is 4.02. The Balaban J connectivity index is 2.62. The molecular formula is C8H13N5O2S. The van der Waals surface area contributed by atoms with Crippen LogP contribution in [-0.4, -0.2) is 34.6 Å². The third kappa shape index (κ3) is 3.16. The van der Waals surface area contributed by atoms with Crippen LogP contribution in [0.2, 0.25) is 0 Å². The quantitative estimate of drug-likeness (QED) is 0.650. The summed E-state index contributed by atoms with van der Waals surface area (Å²) in [4.78, 5) is 22.3. The van der Waals surface area contributed by atoms with E-state index in [4.69, 9.17) is 5.73 Å². The van der Waals surface area contributed by atoms with Gasteiger partial charge in [0.2, 0.25) is 16.0 Å². The smallest absolute Gasteiger partial charge is 0.282 e. The average molecular weight is 243 g/mol. The van der Waals surface area contributed by atoms with Gasteiger partial charge in [-0.25, -0.2) is 0 Å². The maximum Gasteiger partial charge on any atom is 0.282 e. The summed E-state index contributed by atoms with van der Waals surface area (Å²) < 4.78 is 0. The van der Waals surface area contributed by atoms with Crippen molar-refractivity contribution in [3.63, 3.8) is 0 Å². The van der Waals surface area contributed by atoms with Crippen LogP contribution in [0.3, 0.4) is 0 Å². The Kier molecular flexibility index (Phi) is 4.18. The fourth-order valence-electron chi connectivity index (χ4n) is 0.867. The Hall–Kier alpha value is -1.70. The number of hydrogen-bond acceptors (Lipinski definition) is 6. The van der Waals surface area contributed by atoms with E-state index >= 15 is 0 Å². The number of nitrogens with one attached hydrogen (secondary N) is 2. The third-order valence-electron chi connectivity index (χ3n) is 1.72. The monoisotopic (exact) mass is 243 g/mol. The molecule has 2 amide bonds. The van der Waals surface area contributed by atoms with Gasteiger partial charge in [0.15, 0.2) is 0 Å². The fraction of sp³-hybridized carbons (Fsp3) is 0.500. The molecule has 0 bridgehead atoms. The number of aromatic nitrogens is 2. The normalized spacial score (nSPS) is 11.9. The molecule has 0 fully saturated rings. The molecule has 1 rings (SSSR count). The van der Waals surface area contributed by atoms with Crippen molar-refractivity contribution in [1.82, 2.24) is 15.5 Å². The van der Waals surface area contributed by atoms with E-state index in [9.17, 15) is 9.59 Å². The van der Waals surface area contributed by atoms with E-state index in [0.717, 1.165) is 11.3 Å². The summed E-state index contributed by atoms with van der Waals surface area (Å²) in [6.45, 7) is 4.12. The summed E-state index contributed by atoms with van der Waals surface area (Å²) >= 11 is 1.12. The molecule has 1 aromatic heterocycles. The predicted octanol–water partition coefficient (Wildman–Crippen LogP) is -0.427. The number of anilines is 1. The second-order valence-electron chi connectivity index (χ2n) is 3.04. The Morgan fingerprint density at radius 3 is 2.75 bits per heavy atom. The van der Waals surface area contributed by atoms with Crippen LogP contribution in [0, 0.1) is 0 Å². The van der Waals surface area contributed by atoms with Gasteiger partial charge in [0.25, 0.3) is 5.91 Å². The first-order valence-electron chi connectivity index (χ1n) is 4.72. The molecule has 1 heterocycles. The van der Waals surface area contributed by atoms with E-state index in [-0.39, 0.29) is 5.01 Å². The lowest BCUT2D eigenvalue weighted by Crippen LogP contribution is -2.42. The number of rotatable bonds is 5. The highest BCUT2D eigenvalue weighted by Crippen LogP contribution is 2.14. The molecule has 0 aliphatic rings. The molecule has 0 aliphatic heterocycles. The van der Waals surface area contributed by atoms with Crippen LogP contribution in [0.5, 0.6) is 0 Å². The lowest BCUT2D eigenvalue weighted by Gasteiger charge is -2.07. The van der Waals surface area contributed by atoms with E-state index in [1.54, 1.807) is 0 Å². The van der Waals surface area contributed by atoms with Crippen molar-refractivity contribution in [1.29, 1.82) is 0 Å². The molecule has 0 spiro atoms. The van der Waals surface area contributed by atoms with E-state index < -0.39 is 17.9 Å². The van der Waals surface area contributed by atoms with Crippen LogP contribution in [0.4, 0.5) is 5.13 Å². The predicted molar refractivity (Wildman–Crippen MR) is 60.2 cm³/mol. The van der Waals surface area contributed by atoms with Crippen molar-refractivity contribution in [2.24, 2.45) is 5.73 Å². The SMILES string of the molecule is CCNc1nnc(C(=O)NC(C)C(N)=O)s1. The molecule has 0 aliphatic carbocycles. The minimum absolute atomic E-state index is 0.198. The Morgan fingerprint density at radius 2 is 2.19 bits per heavy atom. The lowest BCUT2D eigenvalue weighted by molar-refractivity contribution is -0.119. The average Bonchev–Trinajstić information content (AvgIpc) is 2.66. The Labute approximate surface area is 96.4 Å². The molecule has 16 heavy (non-hydrogen) atoms. The van der Waals surface area contributed by atoms with Crippen molar-refractivity contribution >= 4 is 28.3 Å². The van der Waals surface area contributed by atoms with Crippen LogP contribution in [0.15, 0.2) is 0 Å². The molecular weight excluding hydrogens is 230 g/mol. The summed E-state index contributed by atoms with van der Waals surface area (Å²) in [5, 5.41) is 13.6.